The van der Waals surface area contributed by atoms with Gasteiger partial charge in [-0.1, -0.05) is 11.6 Å². The average molecular weight is 277 g/mol. The lowest BCUT2D eigenvalue weighted by atomic mass is 10.1. The summed E-state index contributed by atoms with van der Waals surface area (Å²) in [5.74, 6) is 0.847. The fourth-order valence-electron chi connectivity index (χ4n) is 1.89. The zero-order chi connectivity index (χ0) is 13.8. The number of hydrogen-bond acceptors (Lipinski definition) is 3. The first-order valence-corrected chi connectivity index (χ1v) is 6.37. The Morgan fingerprint density at radius 2 is 1.84 bits per heavy atom. The Labute approximate surface area is 118 Å². The minimum Gasteiger partial charge on any atom is -0.497 e. The fourth-order valence-corrected chi connectivity index (χ4v) is 2.09. The Morgan fingerprint density at radius 3 is 2.47 bits per heavy atom. The first kappa shape index (κ1) is 13.6. The van der Waals surface area contributed by atoms with Crippen LogP contribution in [0.4, 0.5) is 11.4 Å². The first-order chi connectivity index (χ1) is 9.10. The van der Waals surface area contributed by atoms with E-state index in [1.165, 1.54) is 0 Å². The highest BCUT2D eigenvalue weighted by Gasteiger charge is 2.06. The molecule has 2 aromatic carbocycles. The molecule has 0 saturated heterocycles. The number of anilines is 2. The molecule has 0 atom stereocenters. The highest BCUT2D eigenvalue weighted by molar-refractivity contribution is 6.30. The Balaban J connectivity index is 2.15. The van der Waals surface area contributed by atoms with E-state index in [9.17, 15) is 0 Å². The molecular formula is C15H17ClN2O. The Hall–Kier alpha value is -1.87. The maximum Gasteiger partial charge on any atom is 0.119 e. The SMILES string of the molecule is COc1ccc(N(C)Cc2cc(Cl)ccc2N)cc1. The van der Waals surface area contributed by atoms with Crippen LogP contribution in [0.25, 0.3) is 0 Å². The normalized spacial score (nSPS) is 10.3. The highest BCUT2D eigenvalue weighted by Crippen LogP contribution is 2.23. The summed E-state index contributed by atoms with van der Waals surface area (Å²) >= 11 is 6.00. The van der Waals surface area contributed by atoms with E-state index >= 15 is 0 Å². The van der Waals surface area contributed by atoms with E-state index < -0.39 is 0 Å². The highest BCUT2D eigenvalue weighted by atomic mass is 35.5. The minimum absolute atomic E-state index is 0.701. The second-order valence-corrected chi connectivity index (χ2v) is 4.83. The summed E-state index contributed by atoms with van der Waals surface area (Å²) in [7, 11) is 3.67. The third-order valence-electron chi connectivity index (χ3n) is 3.03. The minimum atomic E-state index is 0.701. The van der Waals surface area contributed by atoms with Crippen molar-refractivity contribution in [3.8, 4) is 5.75 Å². The van der Waals surface area contributed by atoms with Crippen LogP contribution in [0, 0.1) is 0 Å². The quantitative estimate of drug-likeness (QED) is 0.868. The summed E-state index contributed by atoms with van der Waals surface area (Å²) in [5, 5.41) is 0.701. The predicted octanol–water partition coefficient (Wildman–Crippen LogP) is 3.57. The predicted molar refractivity (Wildman–Crippen MR) is 81.0 cm³/mol. The number of ether oxygens (including phenoxy) is 1. The van der Waals surface area contributed by atoms with E-state index in [1.807, 2.05) is 43.4 Å². The lowest BCUT2D eigenvalue weighted by Crippen LogP contribution is -2.17. The smallest absolute Gasteiger partial charge is 0.119 e. The van der Waals surface area contributed by atoms with Gasteiger partial charge in [0.1, 0.15) is 5.75 Å². The molecule has 4 heteroatoms. The van der Waals surface area contributed by atoms with Gasteiger partial charge in [0.25, 0.3) is 0 Å². The molecule has 0 amide bonds. The van der Waals surface area contributed by atoms with Gasteiger partial charge in [0.2, 0.25) is 0 Å². The zero-order valence-electron chi connectivity index (χ0n) is 11.1. The van der Waals surface area contributed by atoms with E-state index in [2.05, 4.69) is 4.90 Å². The van der Waals surface area contributed by atoms with Gasteiger partial charge < -0.3 is 15.4 Å². The van der Waals surface area contributed by atoms with Gasteiger partial charge in [-0.2, -0.15) is 0 Å². The number of halogens is 1. The molecule has 0 unspecified atom stereocenters. The van der Waals surface area contributed by atoms with Gasteiger partial charge in [-0.3, -0.25) is 0 Å². The third kappa shape index (κ3) is 3.32. The Kier molecular flexibility index (Phi) is 4.17. The van der Waals surface area contributed by atoms with Crippen LogP contribution in [0.5, 0.6) is 5.75 Å². The van der Waals surface area contributed by atoms with Gasteiger partial charge in [0.15, 0.2) is 0 Å². The van der Waals surface area contributed by atoms with Gasteiger partial charge >= 0.3 is 0 Å². The van der Waals surface area contributed by atoms with Crippen LogP contribution >= 0.6 is 11.6 Å². The summed E-state index contributed by atoms with van der Waals surface area (Å²) < 4.78 is 5.15. The van der Waals surface area contributed by atoms with Crippen LogP contribution in [0.15, 0.2) is 42.5 Å². The molecule has 0 heterocycles. The number of nitrogens with two attached hydrogens (primary N) is 1. The largest absolute Gasteiger partial charge is 0.497 e. The van der Waals surface area contributed by atoms with E-state index in [0.29, 0.717) is 11.6 Å². The van der Waals surface area contributed by atoms with Gasteiger partial charge in [0, 0.05) is 30.0 Å². The standard InChI is InChI=1S/C15H17ClN2O/c1-18(13-4-6-14(19-2)7-5-13)10-11-9-12(16)3-8-15(11)17/h3-9H,10,17H2,1-2H3. The van der Waals surface area contributed by atoms with Crippen molar-refractivity contribution in [3.05, 3.63) is 53.1 Å². The van der Waals surface area contributed by atoms with Crippen molar-refractivity contribution in [1.82, 2.24) is 0 Å². The number of hydrogen-bond donors (Lipinski definition) is 1. The van der Waals surface area contributed by atoms with Crippen LogP contribution in [-0.2, 0) is 6.54 Å². The van der Waals surface area contributed by atoms with E-state index in [1.54, 1.807) is 13.2 Å². The zero-order valence-corrected chi connectivity index (χ0v) is 11.8. The van der Waals surface area contributed by atoms with Crippen LogP contribution in [0.1, 0.15) is 5.56 Å². The molecule has 2 N–H and O–H groups in total. The molecule has 0 fully saturated rings. The van der Waals surface area contributed by atoms with Gasteiger partial charge in [0.05, 0.1) is 7.11 Å². The molecule has 2 rings (SSSR count). The molecule has 0 radical (unpaired) electrons. The van der Waals surface area contributed by atoms with Crippen LogP contribution in [0.2, 0.25) is 5.02 Å². The van der Waals surface area contributed by atoms with Gasteiger partial charge in [-0.25, -0.2) is 0 Å². The van der Waals surface area contributed by atoms with Crippen molar-refractivity contribution in [1.29, 1.82) is 0 Å². The molecule has 0 spiro atoms. The topological polar surface area (TPSA) is 38.5 Å². The molecule has 3 nitrogen and oxygen atoms in total. The van der Waals surface area contributed by atoms with Crippen molar-refractivity contribution < 1.29 is 4.74 Å². The molecule has 0 saturated carbocycles. The second-order valence-electron chi connectivity index (χ2n) is 4.40. The van der Waals surface area contributed by atoms with E-state index in [-0.39, 0.29) is 0 Å². The average Bonchev–Trinajstić information content (AvgIpc) is 2.43. The molecule has 0 bridgehead atoms. The van der Waals surface area contributed by atoms with Crippen molar-refractivity contribution in [2.75, 3.05) is 24.8 Å². The van der Waals surface area contributed by atoms with Gasteiger partial charge in [-0.05, 0) is 48.0 Å². The third-order valence-corrected chi connectivity index (χ3v) is 3.26. The number of benzene rings is 2. The Morgan fingerprint density at radius 1 is 1.16 bits per heavy atom. The molecule has 19 heavy (non-hydrogen) atoms. The number of rotatable bonds is 4. The lowest BCUT2D eigenvalue weighted by Gasteiger charge is -2.20. The lowest BCUT2D eigenvalue weighted by molar-refractivity contribution is 0.415. The second kappa shape index (κ2) is 5.85. The van der Waals surface area contributed by atoms with Crippen molar-refractivity contribution in [2.24, 2.45) is 0 Å². The monoisotopic (exact) mass is 276 g/mol. The fraction of sp³-hybridized carbons (Fsp3) is 0.200. The van der Waals surface area contributed by atoms with Gasteiger partial charge in [-0.15, -0.1) is 0 Å². The molecule has 0 aliphatic rings. The van der Waals surface area contributed by atoms with E-state index in [4.69, 9.17) is 22.1 Å². The number of nitrogens with zero attached hydrogens (tertiary/aromatic N) is 1. The molecular weight excluding hydrogens is 260 g/mol. The molecule has 100 valence electrons. The summed E-state index contributed by atoms with van der Waals surface area (Å²) in [6.45, 7) is 0.707. The first-order valence-electron chi connectivity index (χ1n) is 5.99. The summed E-state index contributed by atoms with van der Waals surface area (Å²) in [4.78, 5) is 2.11. The van der Waals surface area contributed by atoms with Crippen molar-refractivity contribution in [2.45, 2.75) is 6.54 Å². The maximum absolute atomic E-state index is 6.00. The van der Waals surface area contributed by atoms with Crippen molar-refractivity contribution in [3.63, 3.8) is 0 Å². The summed E-state index contributed by atoms with van der Waals surface area (Å²) in [5.41, 5.74) is 8.83. The number of nitrogen functional groups attached to an aromatic ring is 1. The van der Waals surface area contributed by atoms with Crippen LogP contribution < -0.4 is 15.4 Å². The molecule has 0 aliphatic carbocycles. The molecule has 0 aliphatic heterocycles. The molecule has 2 aromatic rings. The van der Waals surface area contributed by atoms with Crippen molar-refractivity contribution >= 4 is 23.0 Å². The van der Waals surface area contributed by atoms with Crippen LogP contribution in [-0.4, -0.2) is 14.2 Å². The number of methoxy groups -OCH3 is 1. The molecule has 0 aromatic heterocycles. The maximum atomic E-state index is 6.00. The van der Waals surface area contributed by atoms with Crippen LogP contribution in [0.3, 0.4) is 0 Å². The van der Waals surface area contributed by atoms with E-state index in [0.717, 1.165) is 22.7 Å². The Bertz CT molecular complexity index is 555. The summed E-state index contributed by atoms with van der Waals surface area (Å²) in [6.07, 6.45) is 0. The summed E-state index contributed by atoms with van der Waals surface area (Å²) in [6, 6.07) is 13.4.